The normalized spacial score (nSPS) is 15.3. The van der Waals surface area contributed by atoms with Crippen molar-refractivity contribution < 1.29 is 15.0 Å². The number of aliphatic carboxylic acids is 1. The zero-order valence-electron chi connectivity index (χ0n) is 27.0. The Morgan fingerprint density at radius 3 is 2.34 bits per heavy atom. The van der Waals surface area contributed by atoms with Gasteiger partial charge in [-0.1, -0.05) is 29.8 Å². The largest absolute Gasteiger partial charge is 0.481 e. The van der Waals surface area contributed by atoms with Gasteiger partial charge in [-0.3, -0.25) is 9.48 Å². The lowest BCUT2D eigenvalue weighted by molar-refractivity contribution is -0.136. The van der Waals surface area contributed by atoms with Crippen molar-refractivity contribution in [2.24, 2.45) is 7.05 Å². The first-order chi connectivity index (χ1) is 20.7. The SMILES string of the molecule is CC(C)(C)O.Cc1ccc(-c2c(CC(=O)O)c(C)cc3nc(-c4ccc5c(c4)c(N4CCC(N(C)C)C4)nn5C)sc23)cc1. The smallest absolute Gasteiger partial charge is 0.307 e. The lowest BCUT2D eigenvalue weighted by Crippen LogP contribution is -2.31. The highest BCUT2D eigenvalue weighted by Crippen LogP contribution is 2.42. The van der Waals surface area contributed by atoms with Gasteiger partial charge in [0.15, 0.2) is 5.82 Å². The van der Waals surface area contributed by atoms with Crippen LogP contribution in [0, 0.1) is 13.8 Å². The fourth-order valence-electron chi connectivity index (χ4n) is 5.73. The molecule has 8 nitrogen and oxygen atoms in total. The first-order valence-corrected chi connectivity index (χ1v) is 15.8. The van der Waals surface area contributed by atoms with Crippen molar-refractivity contribution in [1.82, 2.24) is 19.7 Å². The van der Waals surface area contributed by atoms with Gasteiger partial charge in [-0.05, 0) is 96.1 Å². The summed E-state index contributed by atoms with van der Waals surface area (Å²) < 4.78 is 2.99. The highest BCUT2D eigenvalue weighted by molar-refractivity contribution is 7.22. The monoisotopic (exact) mass is 613 g/mol. The summed E-state index contributed by atoms with van der Waals surface area (Å²) >= 11 is 1.63. The summed E-state index contributed by atoms with van der Waals surface area (Å²) in [5.41, 5.74) is 7.52. The fraction of sp³-hybridized carbons (Fsp3) is 0.400. The molecule has 232 valence electrons. The molecule has 6 rings (SSSR count). The molecule has 44 heavy (non-hydrogen) atoms. The maximum Gasteiger partial charge on any atom is 0.307 e. The first kappa shape index (κ1) is 31.6. The van der Waals surface area contributed by atoms with Crippen molar-refractivity contribution in [1.29, 1.82) is 0 Å². The Labute approximate surface area is 263 Å². The van der Waals surface area contributed by atoms with Gasteiger partial charge in [0, 0.05) is 42.7 Å². The molecule has 0 saturated carbocycles. The molecular weight excluding hydrogens is 570 g/mol. The standard InChI is InChI=1S/C31H33N5O2S.C4H10O/c1-18-6-8-20(9-7-18)28-23(16-27(37)38)19(2)14-25-29(28)39-31(32-25)21-10-11-26-24(15-21)30(33-35(26)5)36-13-12-22(17-36)34(3)4;1-4(2,3)5/h6-11,14-15,22H,12-13,16-17H2,1-5H3,(H,37,38);5H,1-3H3. The number of hydrogen-bond acceptors (Lipinski definition) is 7. The van der Waals surface area contributed by atoms with E-state index in [1.54, 1.807) is 32.1 Å². The second-order valence-corrected chi connectivity index (χ2v) is 14.1. The van der Waals surface area contributed by atoms with Crippen LogP contribution in [0.5, 0.6) is 0 Å². The van der Waals surface area contributed by atoms with Gasteiger partial charge < -0.3 is 20.0 Å². The van der Waals surface area contributed by atoms with Crippen LogP contribution in [-0.2, 0) is 18.3 Å². The summed E-state index contributed by atoms with van der Waals surface area (Å²) in [6, 6.07) is 17.3. The number of carbonyl (C=O) groups is 1. The van der Waals surface area contributed by atoms with Crippen molar-refractivity contribution in [2.75, 3.05) is 32.1 Å². The van der Waals surface area contributed by atoms with E-state index in [9.17, 15) is 9.90 Å². The lowest BCUT2D eigenvalue weighted by atomic mass is 9.93. The Hall–Kier alpha value is -3.79. The number of benzene rings is 3. The molecule has 0 aliphatic carbocycles. The molecule has 0 amide bonds. The van der Waals surface area contributed by atoms with Crippen LogP contribution in [0.3, 0.4) is 0 Å². The molecule has 1 aliphatic heterocycles. The molecule has 1 fully saturated rings. The maximum atomic E-state index is 11.8. The highest BCUT2D eigenvalue weighted by atomic mass is 32.1. The van der Waals surface area contributed by atoms with Crippen LogP contribution in [0.1, 0.15) is 43.9 Å². The number of thiazole rings is 1. The Morgan fingerprint density at radius 1 is 1.07 bits per heavy atom. The molecule has 1 unspecified atom stereocenters. The highest BCUT2D eigenvalue weighted by Gasteiger charge is 2.27. The van der Waals surface area contributed by atoms with E-state index in [0.717, 1.165) is 79.3 Å². The van der Waals surface area contributed by atoms with Crippen LogP contribution in [0.4, 0.5) is 5.82 Å². The number of aliphatic hydroxyl groups is 1. The molecule has 1 aliphatic rings. The van der Waals surface area contributed by atoms with E-state index in [4.69, 9.17) is 15.2 Å². The number of likely N-dealkylation sites (N-methyl/N-ethyl adjacent to an activating group) is 1. The van der Waals surface area contributed by atoms with E-state index >= 15 is 0 Å². The fourth-order valence-corrected chi connectivity index (χ4v) is 6.87. The third kappa shape index (κ3) is 6.80. The van der Waals surface area contributed by atoms with E-state index in [1.165, 1.54) is 5.56 Å². The van der Waals surface area contributed by atoms with Crippen molar-refractivity contribution >= 4 is 44.2 Å². The van der Waals surface area contributed by atoms with Gasteiger partial charge in [-0.25, -0.2) is 4.98 Å². The maximum absolute atomic E-state index is 11.8. The van der Waals surface area contributed by atoms with Gasteiger partial charge in [0.25, 0.3) is 0 Å². The minimum Gasteiger partial charge on any atom is -0.481 e. The van der Waals surface area contributed by atoms with E-state index in [-0.39, 0.29) is 6.42 Å². The number of carboxylic acid groups (broad SMARTS) is 1. The lowest BCUT2D eigenvalue weighted by Gasteiger charge is -2.20. The van der Waals surface area contributed by atoms with E-state index in [0.29, 0.717) is 6.04 Å². The molecule has 2 aromatic heterocycles. The Balaban J connectivity index is 0.000000712. The molecule has 2 N–H and O–H groups in total. The number of rotatable bonds is 6. The molecule has 3 aromatic carbocycles. The average Bonchev–Trinajstić information content (AvgIpc) is 3.66. The number of fused-ring (bicyclic) bond motifs is 2. The molecule has 0 radical (unpaired) electrons. The van der Waals surface area contributed by atoms with Crippen molar-refractivity contribution in [2.45, 2.75) is 59.1 Å². The van der Waals surface area contributed by atoms with Gasteiger partial charge in [0.1, 0.15) is 5.01 Å². The van der Waals surface area contributed by atoms with Gasteiger partial charge >= 0.3 is 5.97 Å². The van der Waals surface area contributed by atoms with Crippen molar-refractivity contribution in [3.63, 3.8) is 0 Å². The van der Waals surface area contributed by atoms with Gasteiger partial charge in [-0.15, -0.1) is 11.3 Å². The number of aromatic nitrogens is 3. The Kier molecular flexibility index (Phi) is 8.84. The number of anilines is 1. The topological polar surface area (TPSA) is 94.7 Å². The van der Waals surface area contributed by atoms with Crippen LogP contribution in [0.25, 0.3) is 42.8 Å². The zero-order valence-corrected chi connectivity index (χ0v) is 27.8. The summed E-state index contributed by atoms with van der Waals surface area (Å²) in [6.45, 7) is 11.2. The van der Waals surface area contributed by atoms with Crippen LogP contribution >= 0.6 is 11.3 Å². The molecule has 0 spiro atoms. The Morgan fingerprint density at radius 2 is 1.73 bits per heavy atom. The molecule has 3 heterocycles. The molecule has 5 aromatic rings. The van der Waals surface area contributed by atoms with E-state index in [2.05, 4.69) is 73.3 Å². The molecule has 1 saturated heterocycles. The summed E-state index contributed by atoms with van der Waals surface area (Å²) in [5.74, 6) is 0.197. The van der Waals surface area contributed by atoms with Crippen LogP contribution < -0.4 is 4.90 Å². The molecule has 1 atom stereocenters. The zero-order chi connectivity index (χ0) is 31.9. The van der Waals surface area contributed by atoms with Crippen LogP contribution in [0.15, 0.2) is 48.5 Å². The van der Waals surface area contributed by atoms with Crippen molar-refractivity contribution in [3.8, 4) is 21.7 Å². The van der Waals surface area contributed by atoms with E-state index in [1.807, 2.05) is 24.7 Å². The predicted molar refractivity (Wildman–Crippen MR) is 182 cm³/mol. The predicted octanol–water partition coefficient (Wildman–Crippen LogP) is 6.68. The molecule has 9 heteroatoms. The summed E-state index contributed by atoms with van der Waals surface area (Å²) in [6.07, 6.45) is 1.11. The minimum atomic E-state index is -0.830. The third-order valence-electron chi connectivity index (χ3n) is 7.95. The second kappa shape index (κ2) is 12.3. The number of aryl methyl sites for hydroxylation is 3. The summed E-state index contributed by atoms with van der Waals surface area (Å²) in [4.78, 5) is 21.6. The average molecular weight is 614 g/mol. The molecule has 0 bridgehead atoms. The van der Waals surface area contributed by atoms with Crippen LogP contribution in [-0.4, -0.2) is 74.7 Å². The number of nitrogens with zero attached hydrogens (tertiary/aromatic N) is 5. The van der Waals surface area contributed by atoms with Gasteiger partial charge in [0.05, 0.1) is 27.8 Å². The Bertz CT molecular complexity index is 1810. The van der Waals surface area contributed by atoms with Gasteiger partial charge in [-0.2, -0.15) is 5.10 Å². The minimum absolute atomic E-state index is 0.0208. The summed E-state index contributed by atoms with van der Waals surface area (Å²) in [5, 5.41) is 25.2. The first-order valence-electron chi connectivity index (χ1n) is 15.0. The van der Waals surface area contributed by atoms with Crippen LogP contribution in [0.2, 0.25) is 0 Å². The van der Waals surface area contributed by atoms with Gasteiger partial charge in [0.2, 0.25) is 0 Å². The molecular formula is C35H43N5O3S. The quantitative estimate of drug-likeness (QED) is 0.221. The van der Waals surface area contributed by atoms with E-state index < -0.39 is 11.6 Å². The second-order valence-electron chi connectivity index (χ2n) is 13.1. The van der Waals surface area contributed by atoms with Crippen molar-refractivity contribution in [3.05, 3.63) is 65.2 Å². The third-order valence-corrected chi connectivity index (χ3v) is 9.09. The summed E-state index contributed by atoms with van der Waals surface area (Å²) in [7, 11) is 6.29. The number of carboxylic acids is 1. The number of hydrogen-bond donors (Lipinski definition) is 2.